The average Bonchev–Trinajstić information content (AvgIpc) is 3.04. The van der Waals surface area contributed by atoms with Crippen LogP contribution in [0.3, 0.4) is 0 Å². The summed E-state index contributed by atoms with van der Waals surface area (Å²) in [5, 5.41) is 23.4. The first-order valence-corrected chi connectivity index (χ1v) is 9.35. The fourth-order valence-corrected chi connectivity index (χ4v) is 3.35. The van der Waals surface area contributed by atoms with E-state index in [0.717, 1.165) is 0 Å². The summed E-state index contributed by atoms with van der Waals surface area (Å²) >= 11 is 6.13. The minimum atomic E-state index is -0.996. The number of aliphatic hydroxyl groups is 2. The number of carbonyl (C=O) groups is 2. The Morgan fingerprint density at radius 3 is 2.66 bits per heavy atom. The quantitative estimate of drug-likeness (QED) is 0.598. The van der Waals surface area contributed by atoms with Crippen molar-refractivity contribution in [3.05, 3.63) is 76.0 Å². The van der Waals surface area contributed by atoms with Gasteiger partial charge in [0, 0.05) is 22.8 Å². The van der Waals surface area contributed by atoms with Crippen molar-refractivity contribution in [2.75, 3.05) is 32.1 Å². The zero-order valence-corrected chi connectivity index (χ0v) is 16.5. The molecular weight excluding hydrogens is 396 g/mol. The summed E-state index contributed by atoms with van der Waals surface area (Å²) in [5.41, 5.74) is 1.74. The van der Waals surface area contributed by atoms with Gasteiger partial charge in [-0.1, -0.05) is 41.9 Å². The number of hydrogen-bond donors (Lipinski definition) is 3. The van der Waals surface area contributed by atoms with Gasteiger partial charge in [-0.15, -0.1) is 0 Å². The van der Waals surface area contributed by atoms with Crippen LogP contribution in [0, 0.1) is 0 Å². The normalized spacial score (nSPS) is 14.9. The lowest BCUT2D eigenvalue weighted by atomic mass is 9.99. The van der Waals surface area contributed by atoms with E-state index in [4.69, 9.17) is 16.3 Å². The lowest BCUT2D eigenvalue weighted by Crippen LogP contribution is -2.31. The van der Waals surface area contributed by atoms with E-state index >= 15 is 0 Å². The molecule has 3 rings (SSSR count). The summed E-state index contributed by atoms with van der Waals surface area (Å²) in [4.78, 5) is 26.3. The van der Waals surface area contributed by atoms with Crippen molar-refractivity contribution in [1.82, 2.24) is 4.90 Å². The van der Waals surface area contributed by atoms with Gasteiger partial charge in [0.25, 0.3) is 5.91 Å². The monoisotopic (exact) mass is 416 g/mol. The first-order valence-electron chi connectivity index (χ1n) is 8.97. The van der Waals surface area contributed by atoms with E-state index < -0.39 is 18.0 Å². The molecule has 1 atom stereocenters. The predicted octanol–water partition coefficient (Wildman–Crippen LogP) is 2.10. The van der Waals surface area contributed by atoms with Crippen molar-refractivity contribution in [1.29, 1.82) is 0 Å². The van der Waals surface area contributed by atoms with E-state index in [1.54, 1.807) is 42.5 Å². The van der Waals surface area contributed by atoms with Gasteiger partial charge in [0.15, 0.2) is 0 Å². The van der Waals surface area contributed by atoms with Crippen LogP contribution in [0.2, 0.25) is 5.02 Å². The molecule has 7 nitrogen and oxygen atoms in total. The topological polar surface area (TPSA) is 99.1 Å². The second-order valence-electron chi connectivity index (χ2n) is 6.47. The third kappa shape index (κ3) is 4.42. The zero-order chi connectivity index (χ0) is 21.0. The van der Waals surface area contributed by atoms with Crippen LogP contribution < -0.4 is 5.32 Å². The van der Waals surface area contributed by atoms with Crippen LogP contribution in [0.25, 0.3) is 0 Å². The second-order valence-corrected chi connectivity index (χ2v) is 6.90. The molecule has 152 valence electrons. The SMILES string of the molecule is COC(=O)C1=C(Nc2ccc(Cl)cc2C(O)c2ccccc2)C(=O)N(CCO)C1. The van der Waals surface area contributed by atoms with Crippen molar-refractivity contribution < 1.29 is 24.5 Å². The number of halogens is 1. The van der Waals surface area contributed by atoms with Crippen molar-refractivity contribution in [2.45, 2.75) is 6.10 Å². The van der Waals surface area contributed by atoms with Gasteiger partial charge in [-0.3, -0.25) is 4.79 Å². The first kappa shape index (κ1) is 20.9. The van der Waals surface area contributed by atoms with Crippen molar-refractivity contribution >= 4 is 29.2 Å². The number of nitrogens with zero attached hydrogens (tertiary/aromatic N) is 1. The minimum absolute atomic E-state index is 0.0264. The molecular formula is C21H21ClN2O5. The molecule has 0 saturated heterocycles. The number of β-amino-alcohol motifs (C(OH)–C–C–N with tert-alkyl or cyclic N) is 1. The number of esters is 1. The van der Waals surface area contributed by atoms with Gasteiger partial charge in [-0.2, -0.15) is 0 Å². The van der Waals surface area contributed by atoms with Gasteiger partial charge in [-0.25, -0.2) is 4.79 Å². The Hall–Kier alpha value is -2.87. The standard InChI is InChI=1S/C21H21ClN2O5/c1-29-21(28)16-12-24(9-10-25)20(27)18(16)23-17-8-7-14(22)11-15(17)19(26)13-5-3-2-4-6-13/h2-8,11,19,23,25-26H,9-10,12H2,1H3. The van der Waals surface area contributed by atoms with E-state index in [-0.39, 0.29) is 31.0 Å². The maximum absolute atomic E-state index is 12.7. The Kier molecular flexibility index (Phi) is 6.53. The van der Waals surface area contributed by atoms with Crippen molar-refractivity contribution in [3.8, 4) is 0 Å². The highest BCUT2D eigenvalue weighted by Crippen LogP contribution is 2.33. The van der Waals surface area contributed by atoms with Gasteiger partial charge < -0.3 is 25.2 Å². The minimum Gasteiger partial charge on any atom is -0.466 e. The number of rotatable bonds is 7. The molecule has 1 heterocycles. The Morgan fingerprint density at radius 1 is 1.28 bits per heavy atom. The summed E-state index contributed by atoms with van der Waals surface area (Å²) < 4.78 is 4.79. The van der Waals surface area contributed by atoms with Crippen molar-refractivity contribution in [2.24, 2.45) is 0 Å². The molecule has 1 unspecified atom stereocenters. The van der Waals surface area contributed by atoms with Crippen LogP contribution in [0.1, 0.15) is 17.2 Å². The van der Waals surface area contributed by atoms with Crippen LogP contribution in [0.15, 0.2) is 59.8 Å². The second kappa shape index (κ2) is 9.09. The summed E-state index contributed by atoms with van der Waals surface area (Å²) in [6.07, 6.45) is -0.996. The molecule has 1 amide bonds. The van der Waals surface area contributed by atoms with E-state index in [9.17, 15) is 19.8 Å². The number of carbonyl (C=O) groups excluding carboxylic acids is 2. The van der Waals surface area contributed by atoms with Crippen LogP contribution >= 0.6 is 11.6 Å². The number of anilines is 1. The number of hydrogen-bond acceptors (Lipinski definition) is 6. The van der Waals surface area contributed by atoms with E-state index in [0.29, 0.717) is 21.8 Å². The molecule has 0 spiro atoms. The Labute approximate surface area is 173 Å². The highest BCUT2D eigenvalue weighted by Gasteiger charge is 2.35. The molecule has 2 aromatic rings. The molecule has 1 aliphatic heterocycles. The van der Waals surface area contributed by atoms with Crippen LogP contribution in [0.5, 0.6) is 0 Å². The molecule has 0 aromatic heterocycles. The molecule has 2 aromatic carbocycles. The Bertz CT molecular complexity index is 945. The highest BCUT2D eigenvalue weighted by molar-refractivity contribution is 6.30. The smallest absolute Gasteiger partial charge is 0.337 e. The van der Waals surface area contributed by atoms with Gasteiger partial charge in [0.05, 0.1) is 25.8 Å². The van der Waals surface area contributed by atoms with Crippen LogP contribution in [0.4, 0.5) is 5.69 Å². The van der Waals surface area contributed by atoms with Gasteiger partial charge >= 0.3 is 5.97 Å². The number of amides is 1. The molecule has 1 aliphatic rings. The Balaban J connectivity index is 2.00. The lowest BCUT2D eigenvalue weighted by Gasteiger charge is -2.19. The lowest BCUT2D eigenvalue weighted by molar-refractivity contribution is -0.136. The van der Waals surface area contributed by atoms with E-state index in [2.05, 4.69) is 5.32 Å². The fraction of sp³-hybridized carbons (Fsp3) is 0.238. The highest BCUT2D eigenvalue weighted by atomic mass is 35.5. The van der Waals surface area contributed by atoms with Gasteiger partial charge in [-0.05, 0) is 23.8 Å². The third-order valence-electron chi connectivity index (χ3n) is 4.64. The molecule has 29 heavy (non-hydrogen) atoms. The van der Waals surface area contributed by atoms with Crippen molar-refractivity contribution in [3.63, 3.8) is 0 Å². The number of aliphatic hydroxyl groups excluding tert-OH is 2. The predicted molar refractivity (Wildman–Crippen MR) is 108 cm³/mol. The molecule has 3 N–H and O–H groups in total. The zero-order valence-electron chi connectivity index (χ0n) is 15.8. The molecule has 8 heteroatoms. The summed E-state index contributed by atoms with van der Waals surface area (Å²) in [7, 11) is 1.24. The molecule has 0 aliphatic carbocycles. The molecule has 0 saturated carbocycles. The molecule has 0 radical (unpaired) electrons. The summed E-state index contributed by atoms with van der Waals surface area (Å²) in [5.74, 6) is -1.07. The average molecular weight is 417 g/mol. The molecule has 0 bridgehead atoms. The fourth-order valence-electron chi connectivity index (χ4n) is 3.17. The van der Waals surface area contributed by atoms with E-state index in [1.165, 1.54) is 12.0 Å². The number of ether oxygens (including phenoxy) is 1. The van der Waals surface area contributed by atoms with Gasteiger partial charge in [0.2, 0.25) is 0 Å². The van der Waals surface area contributed by atoms with Gasteiger partial charge in [0.1, 0.15) is 11.8 Å². The summed E-state index contributed by atoms with van der Waals surface area (Å²) in [6.45, 7) is -0.116. The number of nitrogens with one attached hydrogen (secondary N) is 1. The van der Waals surface area contributed by atoms with Crippen LogP contribution in [-0.4, -0.2) is 53.8 Å². The molecule has 0 fully saturated rings. The van der Waals surface area contributed by atoms with Crippen LogP contribution in [-0.2, 0) is 14.3 Å². The first-order chi connectivity index (χ1) is 14.0. The maximum Gasteiger partial charge on any atom is 0.337 e. The third-order valence-corrected chi connectivity index (χ3v) is 4.87. The van der Waals surface area contributed by atoms with E-state index in [1.807, 2.05) is 6.07 Å². The largest absolute Gasteiger partial charge is 0.466 e. The number of benzene rings is 2. The maximum atomic E-state index is 12.7. The number of methoxy groups -OCH3 is 1. The Morgan fingerprint density at radius 2 is 2.00 bits per heavy atom. The summed E-state index contributed by atoms with van der Waals surface area (Å²) in [6, 6.07) is 13.9.